The van der Waals surface area contributed by atoms with E-state index in [0.29, 0.717) is 23.6 Å². The minimum Gasteiger partial charge on any atom is -0.497 e. The van der Waals surface area contributed by atoms with E-state index in [1.54, 1.807) is 48.5 Å². The molecule has 4 aromatic rings. The number of rotatable bonds is 6. The summed E-state index contributed by atoms with van der Waals surface area (Å²) in [6, 6.07) is 9.50. The first-order valence-corrected chi connectivity index (χ1v) is 9.40. The van der Waals surface area contributed by atoms with E-state index in [0.717, 1.165) is 23.6 Å². The first-order valence-electron chi connectivity index (χ1n) is 9.40. The minimum absolute atomic E-state index is 0.129. The van der Waals surface area contributed by atoms with Gasteiger partial charge in [-0.1, -0.05) is 13.0 Å². The molecule has 148 valence electrons. The molecular weight excluding hydrogens is 368 g/mol. The van der Waals surface area contributed by atoms with E-state index in [4.69, 9.17) is 9.72 Å². The van der Waals surface area contributed by atoms with Crippen molar-refractivity contribution in [1.29, 1.82) is 0 Å². The molecule has 0 radical (unpaired) electrons. The Labute approximate surface area is 168 Å². The maximum absolute atomic E-state index is 13.0. The summed E-state index contributed by atoms with van der Waals surface area (Å²) in [6.07, 6.45) is 7.73. The topological polar surface area (TPSA) is 77.5 Å². The molecule has 0 aliphatic heterocycles. The Hall–Kier alpha value is -3.68. The van der Waals surface area contributed by atoms with Crippen molar-refractivity contribution < 1.29 is 9.53 Å². The maximum Gasteiger partial charge on any atom is 0.274 e. The predicted octanol–water partition coefficient (Wildman–Crippen LogP) is 3.07. The van der Waals surface area contributed by atoms with Crippen molar-refractivity contribution in [2.24, 2.45) is 0 Å². The number of hydrogen-bond donors (Lipinski definition) is 0. The zero-order chi connectivity index (χ0) is 20.4. The summed E-state index contributed by atoms with van der Waals surface area (Å²) in [4.78, 5) is 23.5. The van der Waals surface area contributed by atoms with Gasteiger partial charge in [0.15, 0.2) is 11.5 Å². The zero-order valence-corrected chi connectivity index (χ0v) is 16.6. The Bertz CT molecular complexity index is 1160. The van der Waals surface area contributed by atoms with Crippen LogP contribution < -0.4 is 4.74 Å². The number of hydrogen-bond acceptors (Lipinski definition) is 5. The van der Waals surface area contributed by atoms with Crippen LogP contribution in [-0.4, -0.2) is 55.7 Å². The molecule has 0 bridgehead atoms. The van der Waals surface area contributed by atoms with Gasteiger partial charge in [0.2, 0.25) is 0 Å². The number of imidazole rings is 1. The molecule has 29 heavy (non-hydrogen) atoms. The van der Waals surface area contributed by atoms with Crippen LogP contribution in [0.25, 0.3) is 22.7 Å². The Kier molecular flexibility index (Phi) is 4.99. The predicted molar refractivity (Wildman–Crippen MR) is 109 cm³/mol. The average molecular weight is 390 g/mol. The summed E-state index contributed by atoms with van der Waals surface area (Å²) >= 11 is 0. The van der Waals surface area contributed by atoms with Gasteiger partial charge in [-0.3, -0.25) is 14.2 Å². The molecule has 0 atom stereocenters. The van der Waals surface area contributed by atoms with Gasteiger partial charge in [-0.2, -0.15) is 5.10 Å². The van der Waals surface area contributed by atoms with E-state index in [9.17, 15) is 4.79 Å². The van der Waals surface area contributed by atoms with Gasteiger partial charge in [0.25, 0.3) is 5.91 Å². The van der Waals surface area contributed by atoms with Crippen LogP contribution in [0.2, 0.25) is 0 Å². The van der Waals surface area contributed by atoms with Gasteiger partial charge in [-0.15, -0.1) is 0 Å². The number of ether oxygens (including phenoxy) is 1. The molecule has 0 aliphatic rings. The van der Waals surface area contributed by atoms with Crippen molar-refractivity contribution in [1.82, 2.24) is 29.0 Å². The number of carbonyl (C=O) groups is 1. The quantitative estimate of drug-likeness (QED) is 0.506. The molecule has 3 heterocycles. The van der Waals surface area contributed by atoms with Gasteiger partial charge >= 0.3 is 0 Å². The van der Waals surface area contributed by atoms with Gasteiger partial charge in [-0.05, 0) is 24.6 Å². The molecule has 0 saturated heterocycles. The highest BCUT2D eigenvalue weighted by molar-refractivity contribution is 5.99. The van der Waals surface area contributed by atoms with Crippen LogP contribution in [-0.2, 0) is 0 Å². The van der Waals surface area contributed by atoms with Crippen molar-refractivity contribution in [3.8, 4) is 23.0 Å². The van der Waals surface area contributed by atoms with E-state index >= 15 is 0 Å². The number of methoxy groups -OCH3 is 1. The Morgan fingerprint density at radius 1 is 1.24 bits per heavy atom. The average Bonchev–Trinajstić information content (AvgIpc) is 3.38. The maximum atomic E-state index is 13.0. The number of nitrogens with zero attached hydrogens (tertiary/aromatic N) is 6. The van der Waals surface area contributed by atoms with E-state index in [-0.39, 0.29) is 5.91 Å². The molecule has 0 saturated carbocycles. The molecule has 0 unspecified atom stereocenters. The second-order valence-electron chi connectivity index (χ2n) is 6.67. The largest absolute Gasteiger partial charge is 0.497 e. The third-order valence-electron chi connectivity index (χ3n) is 4.72. The van der Waals surface area contributed by atoms with E-state index in [1.807, 2.05) is 41.7 Å². The molecule has 4 rings (SSSR count). The molecule has 8 heteroatoms. The Morgan fingerprint density at radius 2 is 2.10 bits per heavy atom. The lowest BCUT2D eigenvalue weighted by molar-refractivity contribution is 0.0792. The molecule has 1 aromatic carbocycles. The highest BCUT2D eigenvalue weighted by Crippen LogP contribution is 2.26. The van der Waals surface area contributed by atoms with Gasteiger partial charge in [0, 0.05) is 32.1 Å². The summed E-state index contributed by atoms with van der Waals surface area (Å²) < 4.78 is 8.98. The fraction of sp³-hybridized carbons (Fsp3) is 0.238. The first kappa shape index (κ1) is 18.7. The van der Waals surface area contributed by atoms with Crippen molar-refractivity contribution in [3.63, 3.8) is 0 Å². The number of fused-ring (bicyclic) bond motifs is 1. The summed E-state index contributed by atoms with van der Waals surface area (Å²) in [6.45, 7) is 2.70. The van der Waals surface area contributed by atoms with Crippen LogP contribution in [0.1, 0.15) is 23.8 Å². The number of aromatic nitrogens is 5. The highest BCUT2D eigenvalue weighted by Gasteiger charge is 2.23. The molecule has 1 amide bonds. The van der Waals surface area contributed by atoms with Gasteiger partial charge in [0.1, 0.15) is 11.4 Å². The monoisotopic (exact) mass is 390 g/mol. The third-order valence-corrected chi connectivity index (χ3v) is 4.72. The number of benzene rings is 1. The van der Waals surface area contributed by atoms with Crippen LogP contribution in [0.5, 0.6) is 5.75 Å². The SMILES string of the molecule is CCCN(C)C(=O)c1nc(-c2ccnn2-c2cccc(OC)c2)n2ccncc12. The van der Waals surface area contributed by atoms with Crippen LogP contribution >= 0.6 is 0 Å². The lowest BCUT2D eigenvalue weighted by Crippen LogP contribution is -2.27. The molecule has 0 spiro atoms. The molecule has 3 aromatic heterocycles. The first-order chi connectivity index (χ1) is 14.1. The van der Waals surface area contributed by atoms with Gasteiger partial charge in [-0.25, -0.2) is 9.67 Å². The van der Waals surface area contributed by atoms with E-state index < -0.39 is 0 Å². The molecular formula is C21H22N6O2. The van der Waals surface area contributed by atoms with Crippen molar-refractivity contribution >= 4 is 11.4 Å². The molecule has 8 nitrogen and oxygen atoms in total. The zero-order valence-electron chi connectivity index (χ0n) is 16.6. The lowest BCUT2D eigenvalue weighted by Gasteiger charge is -2.14. The Balaban J connectivity index is 1.86. The Morgan fingerprint density at radius 3 is 2.90 bits per heavy atom. The van der Waals surface area contributed by atoms with Gasteiger partial charge in [0.05, 0.1) is 30.7 Å². The van der Waals surface area contributed by atoms with Gasteiger partial charge < -0.3 is 9.64 Å². The highest BCUT2D eigenvalue weighted by atomic mass is 16.5. The number of carbonyl (C=O) groups excluding carboxylic acids is 1. The van der Waals surface area contributed by atoms with Crippen molar-refractivity contribution in [3.05, 3.63) is 60.8 Å². The van der Waals surface area contributed by atoms with Crippen molar-refractivity contribution in [2.45, 2.75) is 13.3 Å². The molecule has 0 fully saturated rings. The summed E-state index contributed by atoms with van der Waals surface area (Å²) in [5.74, 6) is 1.23. The second-order valence-corrected chi connectivity index (χ2v) is 6.67. The van der Waals surface area contributed by atoms with Crippen LogP contribution in [0.3, 0.4) is 0 Å². The molecule has 0 N–H and O–H groups in total. The standard InChI is InChI=1S/C21H22N6O2/c1-4-11-25(2)21(28)19-18-14-22-10-12-26(18)20(24-19)17-8-9-23-27(17)15-6-5-7-16(13-15)29-3/h5-10,12-14H,4,11H2,1-3H3. The van der Waals surface area contributed by atoms with Crippen LogP contribution in [0, 0.1) is 0 Å². The summed E-state index contributed by atoms with van der Waals surface area (Å²) in [5, 5.41) is 4.46. The fourth-order valence-corrected chi connectivity index (χ4v) is 3.31. The summed E-state index contributed by atoms with van der Waals surface area (Å²) in [7, 11) is 3.41. The number of amides is 1. The summed E-state index contributed by atoms with van der Waals surface area (Å²) in [5.41, 5.74) is 2.64. The van der Waals surface area contributed by atoms with Crippen LogP contribution in [0.4, 0.5) is 0 Å². The van der Waals surface area contributed by atoms with E-state index in [2.05, 4.69) is 10.1 Å². The normalized spacial score (nSPS) is 11.0. The van der Waals surface area contributed by atoms with E-state index in [1.165, 1.54) is 0 Å². The second kappa shape index (κ2) is 7.75. The fourth-order valence-electron chi connectivity index (χ4n) is 3.31. The smallest absolute Gasteiger partial charge is 0.274 e. The van der Waals surface area contributed by atoms with Crippen LogP contribution in [0.15, 0.2) is 55.1 Å². The third kappa shape index (κ3) is 3.33. The lowest BCUT2D eigenvalue weighted by atomic mass is 10.3. The van der Waals surface area contributed by atoms with Crippen molar-refractivity contribution in [2.75, 3.05) is 20.7 Å². The molecule has 0 aliphatic carbocycles. The minimum atomic E-state index is -0.129.